The number of pyridine rings is 1. The first-order valence-electron chi connectivity index (χ1n) is 9.42. The Morgan fingerprint density at radius 1 is 1.30 bits per heavy atom. The number of nitrogens with zero attached hydrogens (tertiary/aromatic N) is 3. The third-order valence-corrected chi connectivity index (χ3v) is 4.23. The highest BCUT2D eigenvalue weighted by Gasteiger charge is 2.13. The van der Waals surface area contributed by atoms with Crippen LogP contribution in [0.2, 0.25) is 0 Å². The molecular weight excluding hydrogens is 340 g/mol. The summed E-state index contributed by atoms with van der Waals surface area (Å²) in [6.07, 6.45) is 6.13. The second-order valence-corrected chi connectivity index (χ2v) is 6.38. The van der Waals surface area contributed by atoms with Gasteiger partial charge in [-0.1, -0.05) is 39.3 Å². The van der Waals surface area contributed by atoms with Crippen LogP contribution in [0, 0.1) is 0 Å². The van der Waals surface area contributed by atoms with E-state index in [0.717, 1.165) is 18.5 Å². The maximum atomic E-state index is 5.96. The van der Waals surface area contributed by atoms with Crippen molar-refractivity contribution in [2.45, 2.75) is 52.2 Å². The van der Waals surface area contributed by atoms with Gasteiger partial charge >= 0.3 is 0 Å². The van der Waals surface area contributed by atoms with Crippen molar-refractivity contribution in [3.05, 3.63) is 42.4 Å². The zero-order valence-corrected chi connectivity index (χ0v) is 16.5. The number of aromatic nitrogens is 3. The monoisotopic (exact) mass is 370 g/mol. The van der Waals surface area contributed by atoms with Crippen molar-refractivity contribution >= 4 is 17.5 Å². The van der Waals surface area contributed by atoms with E-state index in [0.29, 0.717) is 41.6 Å². The Morgan fingerprint density at radius 3 is 2.78 bits per heavy atom. The van der Waals surface area contributed by atoms with E-state index in [4.69, 9.17) is 10.5 Å². The lowest BCUT2D eigenvalue weighted by Gasteiger charge is -2.20. The summed E-state index contributed by atoms with van der Waals surface area (Å²) in [5.74, 6) is 1.84. The van der Waals surface area contributed by atoms with Crippen LogP contribution in [0.5, 0.6) is 5.75 Å². The van der Waals surface area contributed by atoms with Crippen molar-refractivity contribution in [2.75, 3.05) is 17.7 Å². The zero-order chi connectivity index (χ0) is 19.6. The first kappa shape index (κ1) is 20.5. The molecule has 0 saturated heterocycles. The highest BCUT2D eigenvalue weighted by molar-refractivity contribution is 5.56. The van der Waals surface area contributed by atoms with Gasteiger partial charge in [0.15, 0.2) is 11.6 Å². The molecule has 0 aliphatic carbocycles. The van der Waals surface area contributed by atoms with Crippen LogP contribution >= 0.6 is 0 Å². The summed E-state index contributed by atoms with van der Waals surface area (Å²) in [5.41, 5.74) is 7.57. The van der Waals surface area contributed by atoms with Crippen LogP contribution in [0.1, 0.15) is 50.9 Å². The Kier molecular flexibility index (Phi) is 7.85. The van der Waals surface area contributed by atoms with Crippen LogP contribution in [0.3, 0.4) is 0 Å². The summed E-state index contributed by atoms with van der Waals surface area (Å²) in [6, 6.07) is 5.94. The molecule has 0 amide bonds. The molecule has 2 rings (SSSR count). The standard InChI is InChI=1S/C20H30N6O/c1-5-7-9-15(6-2)25-19-18(12-23-20(22-4)26-19)27-13-16-10-8-11-17(24-16)14(3)21/h8,10-12,15H,3,5-7,9,13,21H2,1-2,4H3,(H2,22,23,25,26). The molecule has 0 aliphatic rings. The first-order valence-corrected chi connectivity index (χ1v) is 9.42. The summed E-state index contributed by atoms with van der Waals surface area (Å²) in [4.78, 5) is 13.2. The molecule has 0 spiro atoms. The molecule has 2 aromatic rings. The molecule has 0 radical (unpaired) electrons. The fourth-order valence-electron chi connectivity index (χ4n) is 2.61. The molecule has 146 valence electrons. The van der Waals surface area contributed by atoms with E-state index < -0.39 is 0 Å². The number of hydrogen-bond acceptors (Lipinski definition) is 7. The van der Waals surface area contributed by atoms with Crippen LogP contribution in [-0.4, -0.2) is 28.0 Å². The van der Waals surface area contributed by atoms with Gasteiger partial charge in [-0.25, -0.2) is 9.97 Å². The van der Waals surface area contributed by atoms with Gasteiger partial charge in [0.1, 0.15) is 6.61 Å². The van der Waals surface area contributed by atoms with E-state index in [1.54, 1.807) is 13.2 Å². The molecule has 0 bridgehead atoms. The van der Waals surface area contributed by atoms with E-state index in [1.807, 2.05) is 18.2 Å². The number of anilines is 2. The quantitative estimate of drug-likeness (QED) is 0.553. The van der Waals surface area contributed by atoms with Gasteiger partial charge in [0.05, 0.1) is 23.3 Å². The Bertz CT molecular complexity index is 749. The molecule has 2 aromatic heterocycles. The Balaban J connectivity index is 2.15. The molecule has 1 unspecified atom stereocenters. The fraction of sp³-hybridized carbons (Fsp3) is 0.450. The highest BCUT2D eigenvalue weighted by Crippen LogP contribution is 2.25. The van der Waals surface area contributed by atoms with E-state index >= 15 is 0 Å². The molecule has 0 saturated carbocycles. The topological polar surface area (TPSA) is 98.0 Å². The molecule has 27 heavy (non-hydrogen) atoms. The summed E-state index contributed by atoms with van der Waals surface area (Å²) in [6.45, 7) is 8.38. The molecule has 7 nitrogen and oxygen atoms in total. The first-order chi connectivity index (χ1) is 13.1. The summed E-state index contributed by atoms with van der Waals surface area (Å²) < 4.78 is 5.96. The van der Waals surface area contributed by atoms with Crippen LogP contribution in [-0.2, 0) is 6.61 Å². The number of rotatable bonds is 11. The summed E-state index contributed by atoms with van der Waals surface area (Å²) >= 11 is 0. The van der Waals surface area contributed by atoms with Crippen LogP contribution in [0.25, 0.3) is 5.70 Å². The molecule has 1 atom stereocenters. The third kappa shape index (κ3) is 6.13. The summed E-state index contributed by atoms with van der Waals surface area (Å²) in [7, 11) is 1.79. The van der Waals surface area contributed by atoms with Gasteiger partial charge in [-0.3, -0.25) is 0 Å². The van der Waals surface area contributed by atoms with Gasteiger partial charge in [0.2, 0.25) is 5.95 Å². The predicted molar refractivity (Wildman–Crippen MR) is 111 cm³/mol. The van der Waals surface area contributed by atoms with Crippen LogP contribution in [0.4, 0.5) is 11.8 Å². The number of nitrogens with one attached hydrogen (secondary N) is 2. The number of hydrogen-bond donors (Lipinski definition) is 3. The fourth-order valence-corrected chi connectivity index (χ4v) is 2.61. The normalized spacial score (nSPS) is 11.7. The van der Waals surface area contributed by atoms with Crippen LogP contribution < -0.4 is 21.1 Å². The molecule has 0 aliphatic heterocycles. The minimum Gasteiger partial charge on any atom is -0.482 e. The van der Waals surface area contributed by atoms with Gasteiger partial charge in [0, 0.05) is 13.1 Å². The van der Waals surface area contributed by atoms with Crippen molar-refractivity contribution in [3.63, 3.8) is 0 Å². The zero-order valence-electron chi connectivity index (χ0n) is 16.5. The second-order valence-electron chi connectivity index (χ2n) is 6.38. The van der Waals surface area contributed by atoms with Gasteiger partial charge in [-0.05, 0) is 25.0 Å². The number of nitrogens with two attached hydrogens (primary N) is 1. The lowest BCUT2D eigenvalue weighted by atomic mass is 10.1. The Labute approximate surface area is 161 Å². The van der Waals surface area contributed by atoms with Crippen molar-refractivity contribution < 1.29 is 4.74 Å². The smallest absolute Gasteiger partial charge is 0.224 e. The lowest BCUT2D eigenvalue weighted by Crippen LogP contribution is -2.20. The van der Waals surface area contributed by atoms with E-state index in [1.165, 1.54) is 12.8 Å². The van der Waals surface area contributed by atoms with Crippen molar-refractivity contribution in [1.29, 1.82) is 0 Å². The molecule has 4 N–H and O–H groups in total. The summed E-state index contributed by atoms with van der Waals surface area (Å²) in [5, 5.41) is 6.47. The predicted octanol–water partition coefficient (Wildman–Crippen LogP) is 3.80. The maximum absolute atomic E-state index is 5.96. The molecule has 0 fully saturated rings. The minimum atomic E-state index is 0.295. The molecular formula is C20H30N6O. The van der Waals surface area contributed by atoms with E-state index in [-0.39, 0.29) is 0 Å². The van der Waals surface area contributed by atoms with E-state index in [2.05, 4.69) is 46.0 Å². The average Bonchev–Trinajstić information content (AvgIpc) is 2.70. The molecule has 7 heteroatoms. The molecule has 0 aromatic carbocycles. The van der Waals surface area contributed by atoms with Crippen molar-refractivity contribution in [2.24, 2.45) is 5.73 Å². The van der Waals surface area contributed by atoms with Gasteiger partial charge < -0.3 is 21.1 Å². The number of unbranched alkanes of at least 4 members (excludes halogenated alkanes) is 1. The van der Waals surface area contributed by atoms with Gasteiger partial charge in [-0.15, -0.1) is 0 Å². The third-order valence-electron chi connectivity index (χ3n) is 4.23. The van der Waals surface area contributed by atoms with Gasteiger partial charge in [-0.2, -0.15) is 4.98 Å². The van der Waals surface area contributed by atoms with Crippen molar-refractivity contribution in [3.8, 4) is 5.75 Å². The minimum absolute atomic E-state index is 0.295. The largest absolute Gasteiger partial charge is 0.482 e. The average molecular weight is 371 g/mol. The SMILES string of the molecule is C=C(N)c1cccc(COc2cnc(NC)nc2NC(CC)CCCC)n1. The van der Waals surface area contributed by atoms with E-state index in [9.17, 15) is 0 Å². The lowest BCUT2D eigenvalue weighted by molar-refractivity contribution is 0.300. The Hall–Kier alpha value is -2.83. The molecule has 2 heterocycles. The maximum Gasteiger partial charge on any atom is 0.224 e. The van der Waals surface area contributed by atoms with Gasteiger partial charge in [0.25, 0.3) is 0 Å². The highest BCUT2D eigenvalue weighted by atomic mass is 16.5. The number of ether oxygens (including phenoxy) is 1. The van der Waals surface area contributed by atoms with Crippen LogP contribution in [0.15, 0.2) is 31.0 Å². The Morgan fingerprint density at radius 2 is 2.11 bits per heavy atom. The van der Waals surface area contributed by atoms with Crippen molar-refractivity contribution in [1.82, 2.24) is 15.0 Å². The second kappa shape index (κ2) is 10.4.